The van der Waals surface area contributed by atoms with Crippen molar-refractivity contribution in [3.05, 3.63) is 22.8 Å². The number of likely N-dealkylation sites (N-methyl/N-ethyl adjacent to an activating group) is 3. The summed E-state index contributed by atoms with van der Waals surface area (Å²) in [5.74, 6) is 1.41. The molecule has 1 saturated heterocycles. The number of rotatable bonds is 4. The molecule has 21 heavy (non-hydrogen) atoms. The molecule has 0 aromatic carbocycles. The molecule has 1 N–H and O–H groups in total. The van der Waals surface area contributed by atoms with Crippen LogP contribution in [0, 0.1) is 13.8 Å². The van der Waals surface area contributed by atoms with Crippen molar-refractivity contribution in [2.24, 2.45) is 0 Å². The second kappa shape index (κ2) is 6.81. The van der Waals surface area contributed by atoms with Gasteiger partial charge in [-0.05, 0) is 46.5 Å². The van der Waals surface area contributed by atoms with E-state index in [1.807, 2.05) is 7.05 Å². The lowest BCUT2D eigenvalue weighted by Crippen LogP contribution is -2.45. The maximum Gasteiger partial charge on any atom is 0.147 e. The summed E-state index contributed by atoms with van der Waals surface area (Å²) in [6.07, 6.45) is 0. The summed E-state index contributed by atoms with van der Waals surface area (Å²) in [5, 5.41) is 3.24. The largest absolute Gasteiger partial charge is 0.319 e. The van der Waals surface area contributed by atoms with Crippen LogP contribution in [0.5, 0.6) is 0 Å². The normalized spacial score (nSPS) is 22.5. The molecule has 0 saturated carbocycles. The van der Waals surface area contributed by atoms with Gasteiger partial charge in [-0.15, -0.1) is 0 Å². The van der Waals surface area contributed by atoms with E-state index in [2.05, 4.69) is 50.0 Å². The first-order valence-corrected chi connectivity index (χ1v) is 7.82. The molecule has 0 aliphatic carbocycles. The first kappa shape index (κ1) is 16.3. The van der Waals surface area contributed by atoms with E-state index >= 15 is 0 Å². The molecule has 1 fully saturated rings. The van der Waals surface area contributed by atoms with Crippen LogP contribution in [-0.2, 0) is 0 Å². The van der Waals surface area contributed by atoms with Crippen molar-refractivity contribution in [3.8, 4) is 0 Å². The highest BCUT2D eigenvalue weighted by atomic mass is 15.3. The van der Waals surface area contributed by atoms with Crippen LogP contribution in [0.15, 0.2) is 0 Å². The molecule has 0 bridgehead atoms. The Bertz CT molecular complexity index is 465. The molecule has 1 aliphatic heterocycles. The lowest BCUT2D eigenvalue weighted by Gasteiger charge is -2.37. The van der Waals surface area contributed by atoms with Gasteiger partial charge >= 0.3 is 0 Å². The van der Waals surface area contributed by atoms with Crippen LogP contribution in [-0.4, -0.2) is 67.1 Å². The number of aromatic nitrogens is 2. The van der Waals surface area contributed by atoms with Crippen LogP contribution in [0.4, 0.5) is 0 Å². The molecular formula is C16H29N5. The van der Waals surface area contributed by atoms with E-state index < -0.39 is 0 Å². The third-order valence-electron chi connectivity index (χ3n) is 4.50. The van der Waals surface area contributed by atoms with Crippen LogP contribution in [0.25, 0.3) is 0 Å². The van der Waals surface area contributed by atoms with Gasteiger partial charge in [-0.1, -0.05) is 6.92 Å². The van der Waals surface area contributed by atoms with Crippen LogP contribution in [0.3, 0.4) is 0 Å². The number of hydrogen-bond acceptors (Lipinski definition) is 5. The van der Waals surface area contributed by atoms with E-state index in [-0.39, 0.29) is 0 Å². The zero-order valence-corrected chi connectivity index (χ0v) is 14.3. The number of hydrogen-bond donors (Lipinski definition) is 1. The van der Waals surface area contributed by atoms with Crippen molar-refractivity contribution in [3.63, 3.8) is 0 Å². The van der Waals surface area contributed by atoms with E-state index in [1.165, 1.54) is 5.56 Å². The van der Waals surface area contributed by atoms with Gasteiger partial charge in [0.25, 0.3) is 0 Å². The zero-order chi connectivity index (χ0) is 15.6. The van der Waals surface area contributed by atoms with Crippen molar-refractivity contribution in [1.82, 2.24) is 25.1 Å². The summed E-state index contributed by atoms with van der Waals surface area (Å²) in [5.41, 5.74) is 3.55. The fraction of sp³-hybridized carbons (Fsp3) is 0.750. The molecule has 5 nitrogen and oxygen atoms in total. The number of nitrogens with zero attached hydrogens (tertiary/aromatic N) is 4. The summed E-state index contributed by atoms with van der Waals surface area (Å²) in [4.78, 5) is 14.4. The van der Waals surface area contributed by atoms with Gasteiger partial charge in [0.1, 0.15) is 5.82 Å². The summed E-state index contributed by atoms with van der Waals surface area (Å²) >= 11 is 0. The fourth-order valence-electron chi connectivity index (χ4n) is 3.31. The molecule has 118 valence electrons. The molecule has 0 spiro atoms. The van der Waals surface area contributed by atoms with Crippen LogP contribution in [0.1, 0.15) is 41.7 Å². The van der Waals surface area contributed by atoms with Gasteiger partial charge in [-0.25, -0.2) is 9.97 Å². The standard InChI is InChI=1S/C16H29N5/c1-11(9-17-4)15-12(2)18-16(19-13(15)3)14-10-20(5)7-8-21(14)6/h11,14,17H,7-10H2,1-6H3. The molecule has 0 radical (unpaired) electrons. The quantitative estimate of drug-likeness (QED) is 0.907. The van der Waals surface area contributed by atoms with Gasteiger partial charge in [-0.3, -0.25) is 4.90 Å². The average Bonchev–Trinajstić information content (AvgIpc) is 2.41. The van der Waals surface area contributed by atoms with E-state index in [0.29, 0.717) is 12.0 Å². The smallest absolute Gasteiger partial charge is 0.147 e. The first-order chi connectivity index (χ1) is 9.93. The minimum absolute atomic E-state index is 0.301. The topological polar surface area (TPSA) is 44.3 Å². The van der Waals surface area contributed by atoms with Gasteiger partial charge in [0.15, 0.2) is 0 Å². The van der Waals surface area contributed by atoms with Crippen LogP contribution in [0.2, 0.25) is 0 Å². The van der Waals surface area contributed by atoms with Gasteiger partial charge in [0.05, 0.1) is 6.04 Å². The van der Waals surface area contributed by atoms with Gasteiger partial charge in [0, 0.05) is 37.6 Å². The van der Waals surface area contributed by atoms with Crippen LogP contribution >= 0.6 is 0 Å². The minimum atomic E-state index is 0.301. The molecule has 5 heteroatoms. The first-order valence-electron chi connectivity index (χ1n) is 7.82. The van der Waals surface area contributed by atoms with Crippen molar-refractivity contribution in [1.29, 1.82) is 0 Å². The van der Waals surface area contributed by atoms with Gasteiger partial charge in [0.2, 0.25) is 0 Å². The van der Waals surface area contributed by atoms with Crippen molar-refractivity contribution >= 4 is 0 Å². The molecule has 1 aliphatic rings. The third kappa shape index (κ3) is 3.59. The zero-order valence-electron chi connectivity index (χ0n) is 14.3. The number of aryl methyl sites for hydroxylation is 2. The molecule has 2 atom stereocenters. The molecule has 2 heterocycles. The number of piperazine rings is 1. The van der Waals surface area contributed by atoms with Crippen molar-refractivity contribution < 1.29 is 0 Å². The predicted octanol–water partition coefficient (Wildman–Crippen LogP) is 1.33. The summed E-state index contributed by atoms with van der Waals surface area (Å²) in [6, 6.07) is 0.301. The Labute approximate surface area is 128 Å². The second-order valence-electron chi connectivity index (χ2n) is 6.38. The Morgan fingerprint density at radius 3 is 2.38 bits per heavy atom. The maximum absolute atomic E-state index is 4.84. The predicted molar refractivity (Wildman–Crippen MR) is 86.7 cm³/mol. The van der Waals surface area contributed by atoms with E-state index in [1.54, 1.807) is 0 Å². The Kier molecular flexibility index (Phi) is 5.30. The molecule has 0 amide bonds. The lowest BCUT2D eigenvalue weighted by atomic mass is 9.97. The molecule has 2 unspecified atom stereocenters. The molecular weight excluding hydrogens is 262 g/mol. The van der Waals surface area contributed by atoms with E-state index in [9.17, 15) is 0 Å². The molecule has 1 aromatic heterocycles. The summed E-state index contributed by atoms with van der Waals surface area (Å²) in [7, 11) is 6.33. The van der Waals surface area contributed by atoms with E-state index in [4.69, 9.17) is 9.97 Å². The molecule has 2 rings (SSSR count). The highest BCUT2D eigenvalue weighted by Crippen LogP contribution is 2.25. The van der Waals surface area contributed by atoms with Gasteiger partial charge < -0.3 is 10.2 Å². The van der Waals surface area contributed by atoms with Crippen molar-refractivity contribution in [2.75, 3.05) is 47.3 Å². The van der Waals surface area contributed by atoms with Crippen molar-refractivity contribution in [2.45, 2.75) is 32.7 Å². The van der Waals surface area contributed by atoms with Gasteiger partial charge in [-0.2, -0.15) is 0 Å². The highest BCUT2D eigenvalue weighted by Gasteiger charge is 2.27. The fourth-order valence-corrected chi connectivity index (χ4v) is 3.31. The van der Waals surface area contributed by atoms with Crippen LogP contribution < -0.4 is 5.32 Å². The Morgan fingerprint density at radius 1 is 1.19 bits per heavy atom. The second-order valence-corrected chi connectivity index (χ2v) is 6.38. The minimum Gasteiger partial charge on any atom is -0.319 e. The summed E-state index contributed by atoms with van der Waals surface area (Å²) in [6.45, 7) is 10.6. The lowest BCUT2D eigenvalue weighted by molar-refractivity contribution is 0.109. The average molecular weight is 291 g/mol. The maximum atomic E-state index is 4.84. The highest BCUT2D eigenvalue weighted by molar-refractivity contribution is 5.29. The number of nitrogens with one attached hydrogen (secondary N) is 1. The Hall–Kier alpha value is -1.04. The SMILES string of the molecule is CNCC(C)c1c(C)nc(C2CN(C)CCN2C)nc1C. The van der Waals surface area contributed by atoms with E-state index in [0.717, 1.165) is 43.4 Å². The Balaban J connectivity index is 2.30. The Morgan fingerprint density at radius 2 is 1.81 bits per heavy atom. The summed E-state index contributed by atoms with van der Waals surface area (Å²) < 4.78 is 0. The third-order valence-corrected chi connectivity index (χ3v) is 4.50. The monoisotopic (exact) mass is 291 g/mol. The molecule has 1 aromatic rings.